The van der Waals surface area contributed by atoms with E-state index in [9.17, 15) is 43.2 Å². The van der Waals surface area contributed by atoms with E-state index in [0.717, 1.165) is 109 Å². The van der Waals surface area contributed by atoms with Crippen LogP contribution in [0.25, 0.3) is 0 Å². The van der Waals surface area contributed by atoms with Gasteiger partial charge < -0.3 is 33.8 Å². The number of phosphoric acid groups is 2. The molecule has 88 heavy (non-hydrogen) atoms. The van der Waals surface area contributed by atoms with Crippen LogP contribution in [0.3, 0.4) is 0 Å². The molecule has 0 aromatic carbocycles. The van der Waals surface area contributed by atoms with E-state index in [2.05, 4.69) is 41.5 Å². The molecule has 0 fully saturated rings. The van der Waals surface area contributed by atoms with E-state index in [1.54, 1.807) is 0 Å². The number of unbranched alkanes of at least 4 members (excludes halogenated alkanes) is 38. The second kappa shape index (κ2) is 61.3. The van der Waals surface area contributed by atoms with Crippen LogP contribution in [0.15, 0.2) is 0 Å². The van der Waals surface area contributed by atoms with E-state index in [1.165, 1.54) is 154 Å². The second-order valence-electron chi connectivity index (χ2n) is 25.9. The Kier molecular flexibility index (Phi) is 59.9. The normalized spacial score (nSPS) is 14.2. The van der Waals surface area contributed by atoms with Crippen LogP contribution in [0.5, 0.6) is 0 Å². The van der Waals surface area contributed by atoms with Crippen LogP contribution in [-0.2, 0) is 65.4 Å². The van der Waals surface area contributed by atoms with Gasteiger partial charge >= 0.3 is 39.5 Å². The molecule has 0 heterocycles. The maximum absolute atomic E-state index is 13.0. The van der Waals surface area contributed by atoms with Gasteiger partial charge in [-0.2, -0.15) is 0 Å². The third-order valence-corrected chi connectivity index (χ3v) is 17.9. The summed E-state index contributed by atoms with van der Waals surface area (Å²) >= 11 is 0. The molecule has 0 aromatic heterocycles. The SMILES string of the molecule is CCCCCCCCCCCCCCCCC(=O)OC[C@H](COP(=O)(O)OC[C@@H](O)COP(=O)(O)OC[C@@H](COC(=O)CCCCCCCCC)OC(=O)CCCCCCCCCC(C)C)OC(=O)CCCCCCCCCCCCCCCCC(C)C. The van der Waals surface area contributed by atoms with Gasteiger partial charge in [0, 0.05) is 25.7 Å². The van der Waals surface area contributed by atoms with Crippen molar-refractivity contribution in [2.45, 2.75) is 368 Å². The predicted octanol–water partition coefficient (Wildman–Crippen LogP) is 19.6. The molecule has 3 N–H and O–H groups in total. The molecule has 0 aliphatic carbocycles. The minimum Gasteiger partial charge on any atom is -0.462 e. The fourth-order valence-corrected chi connectivity index (χ4v) is 12.0. The maximum atomic E-state index is 13.0. The number of aliphatic hydroxyl groups excluding tert-OH is 1. The maximum Gasteiger partial charge on any atom is 0.472 e. The average molecular weight is 1300 g/mol. The Balaban J connectivity index is 5.20. The summed E-state index contributed by atoms with van der Waals surface area (Å²) in [6, 6.07) is 0. The lowest BCUT2D eigenvalue weighted by Crippen LogP contribution is -2.30. The van der Waals surface area contributed by atoms with Gasteiger partial charge in [0.05, 0.1) is 26.4 Å². The molecule has 0 aliphatic rings. The topological polar surface area (TPSA) is 237 Å². The number of ether oxygens (including phenoxy) is 4. The lowest BCUT2D eigenvalue weighted by Gasteiger charge is -2.21. The highest BCUT2D eigenvalue weighted by atomic mass is 31.2. The first-order valence-electron chi connectivity index (χ1n) is 36.0. The molecule has 2 unspecified atom stereocenters. The Hall–Kier alpha value is -1.94. The number of carbonyl (C=O) groups is 4. The molecule has 0 radical (unpaired) electrons. The van der Waals surface area contributed by atoms with Gasteiger partial charge in [-0.25, -0.2) is 9.13 Å². The minimum atomic E-state index is -4.95. The fourth-order valence-electron chi connectivity index (χ4n) is 10.4. The van der Waals surface area contributed by atoms with Gasteiger partial charge in [-0.15, -0.1) is 0 Å². The standard InChI is InChI=1S/C69H134O17P2/c1-7-9-11-13-15-16-17-18-22-25-28-34-40-46-52-67(72)80-58-65(85-68(73)53-47-41-35-29-26-23-20-19-21-24-27-32-37-43-49-61(3)4)60-84-88(77,78)82-56-63(70)55-81-87(75,76)83-59-64(57-79-66(71)51-45-39-31-14-12-10-8-2)86-69(74)54-48-42-36-30-33-38-44-50-62(5)6/h61-65,70H,7-60H2,1-6H3,(H,75,76)(H,77,78)/t63-,64+,65+/m0/s1. The number of rotatable bonds is 68. The van der Waals surface area contributed by atoms with Crippen molar-refractivity contribution in [3.63, 3.8) is 0 Å². The summed E-state index contributed by atoms with van der Waals surface area (Å²) in [4.78, 5) is 72.3. The minimum absolute atomic E-state index is 0.103. The van der Waals surface area contributed by atoms with Crippen LogP contribution in [-0.4, -0.2) is 96.7 Å². The lowest BCUT2D eigenvalue weighted by atomic mass is 10.0. The Bertz CT molecular complexity index is 1720. The van der Waals surface area contributed by atoms with E-state index >= 15 is 0 Å². The first-order chi connectivity index (χ1) is 42.4. The Morgan fingerprint density at radius 1 is 0.307 bits per heavy atom. The average Bonchev–Trinajstić information content (AvgIpc) is 3.70. The number of aliphatic hydroxyl groups is 1. The molecule has 0 rings (SSSR count). The van der Waals surface area contributed by atoms with Crippen molar-refractivity contribution < 1.29 is 80.2 Å². The first kappa shape index (κ1) is 86.1. The number of hydrogen-bond acceptors (Lipinski definition) is 15. The molecule has 0 aliphatic heterocycles. The predicted molar refractivity (Wildman–Crippen MR) is 354 cm³/mol. The van der Waals surface area contributed by atoms with Gasteiger partial charge in [0.15, 0.2) is 12.2 Å². The highest BCUT2D eigenvalue weighted by Crippen LogP contribution is 2.45. The van der Waals surface area contributed by atoms with Crippen molar-refractivity contribution in [2.75, 3.05) is 39.6 Å². The van der Waals surface area contributed by atoms with Crippen LogP contribution < -0.4 is 0 Å². The zero-order valence-electron chi connectivity index (χ0n) is 57.0. The van der Waals surface area contributed by atoms with Gasteiger partial charge in [0.2, 0.25) is 0 Å². The van der Waals surface area contributed by atoms with E-state index in [0.29, 0.717) is 31.6 Å². The number of esters is 4. The van der Waals surface area contributed by atoms with Gasteiger partial charge in [0.25, 0.3) is 0 Å². The van der Waals surface area contributed by atoms with E-state index in [4.69, 9.17) is 37.0 Å². The number of hydrogen-bond donors (Lipinski definition) is 3. The van der Waals surface area contributed by atoms with Crippen LogP contribution >= 0.6 is 15.6 Å². The largest absolute Gasteiger partial charge is 0.472 e. The molecule has 19 heteroatoms. The Morgan fingerprint density at radius 2 is 0.523 bits per heavy atom. The van der Waals surface area contributed by atoms with Crippen molar-refractivity contribution in [3.8, 4) is 0 Å². The summed E-state index contributed by atoms with van der Waals surface area (Å²) in [6.07, 6.45) is 46.0. The highest BCUT2D eigenvalue weighted by Gasteiger charge is 2.30. The fraction of sp³-hybridized carbons (Fsp3) is 0.942. The van der Waals surface area contributed by atoms with E-state index in [1.807, 2.05) is 0 Å². The van der Waals surface area contributed by atoms with Gasteiger partial charge in [-0.05, 0) is 37.5 Å². The summed E-state index contributed by atoms with van der Waals surface area (Å²) in [6.45, 7) is 9.46. The monoisotopic (exact) mass is 1300 g/mol. The molecule has 0 saturated heterocycles. The lowest BCUT2D eigenvalue weighted by molar-refractivity contribution is -0.161. The number of phosphoric ester groups is 2. The molecule has 522 valence electrons. The molecular weight excluding hydrogens is 1160 g/mol. The van der Waals surface area contributed by atoms with Crippen LogP contribution in [0.2, 0.25) is 0 Å². The van der Waals surface area contributed by atoms with Crippen LogP contribution in [0, 0.1) is 11.8 Å². The molecule has 0 saturated carbocycles. The van der Waals surface area contributed by atoms with Crippen molar-refractivity contribution in [1.29, 1.82) is 0 Å². The smallest absolute Gasteiger partial charge is 0.462 e. The molecule has 5 atom stereocenters. The zero-order chi connectivity index (χ0) is 65.0. The van der Waals surface area contributed by atoms with Crippen molar-refractivity contribution in [3.05, 3.63) is 0 Å². The van der Waals surface area contributed by atoms with Crippen molar-refractivity contribution in [2.24, 2.45) is 11.8 Å². The third-order valence-electron chi connectivity index (χ3n) is 16.0. The molecule has 17 nitrogen and oxygen atoms in total. The Labute approximate surface area is 537 Å². The molecule has 0 spiro atoms. The number of carbonyl (C=O) groups excluding carboxylic acids is 4. The summed E-state index contributed by atoms with van der Waals surface area (Å²) < 4.78 is 68.1. The first-order valence-corrected chi connectivity index (χ1v) is 39.0. The molecule has 0 bridgehead atoms. The van der Waals surface area contributed by atoms with Gasteiger partial charge in [0.1, 0.15) is 19.3 Å². The summed E-state index contributed by atoms with van der Waals surface area (Å²) in [5.41, 5.74) is 0. The quantitative estimate of drug-likeness (QED) is 0.0222. The van der Waals surface area contributed by atoms with Crippen molar-refractivity contribution in [1.82, 2.24) is 0 Å². The third kappa shape index (κ3) is 62.8. The molecule has 0 amide bonds. The summed E-state index contributed by atoms with van der Waals surface area (Å²) in [5.74, 6) is -0.640. The van der Waals surface area contributed by atoms with Gasteiger partial charge in [-0.3, -0.25) is 37.3 Å². The molecular formula is C69H134O17P2. The molecule has 0 aromatic rings. The summed E-state index contributed by atoms with van der Waals surface area (Å²) in [5, 5.41) is 10.6. The van der Waals surface area contributed by atoms with E-state index in [-0.39, 0.29) is 25.7 Å². The zero-order valence-corrected chi connectivity index (χ0v) is 58.8. The van der Waals surface area contributed by atoms with Crippen LogP contribution in [0.4, 0.5) is 0 Å². The second-order valence-corrected chi connectivity index (χ2v) is 28.8. The highest BCUT2D eigenvalue weighted by molar-refractivity contribution is 7.47. The van der Waals surface area contributed by atoms with Gasteiger partial charge in [-0.1, -0.05) is 298 Å². The van der Waals surface area contributed by atoms with Crippen LogP contribution in [0.1, 0.15) is 350 Å². The van der Waals surface area contributed by atoms with E-state index < -0.39 is 97.5 Å². The van der Waals surface area contributed by atoms with Crippen molar-refractivity contribution >= 4 is 39.5 Å². The Morgan fingerprint density at radius 3 is 0.773 bits per heavy atom. The summed E-state index contributed by atoms with van der Waals surface area (Å²) in [7, 11) is -9.89.